The molecule has 152 valence electrons. The Bertz CT molecular complexity index is 695. The summed E-state index contributed by atoms with van der Waals surface area (Å²) in [5, 5.41) is 10.3. The Balaban J connectivity index is 1.32. The summed E-state index contributed by atoms with van der Waals surface area (Å²) in [6.07, 6.45) is 4.44. The maximum atomic E-state index is 12.2. The van der Waals surface area contributed by atoms with E-state index in [4.69, 9.17) is 4.74 Å². The summed E-state index contributed by atoms with van der Waals surface area (Å²) in [5.41, 5.74) is 2.19. The molecule has 2 amide bonds. The second-order valence-corrected chi connectivity index (χ2v) is 8.19. The highest BCUT2D eigenvalue weighted by Crippen LogP contribution is 2.20. The number of hydrogen-bond donors (Lipinski definition) is 2. The van der Waals surface area contributed by atoms with Gasteiger partial charge in [-0.1, -0.05) is 13.3 Å². The molecular weight excluding hydrogens is 370 g/mol. The molecule has 0 bridgehead atoms. The van der Waals surface area contributed by atoms with Crippen LogP contribution in [-0.4, -0.2) is 37.2 Å². The standard InChI is InChI=1S/C22H31N3O2S/c1-2-3-13-27-21-6-4-20(5-7-21)24-22(26)23-15-18-8-11-25(12-9-18)16-19-10-14-28-17-19/h4-7,10,14,17-18H,2-3,8-9,11-13,15-16H2,1H3,(H2,23,24,26). The molecule has 1 aromatic carbocycles. The average Bonchev–Trinajstić information content (AvgIpc) is 3.22. The second kappa shape index (κ2) is 11.1. The predicted molar refractivity (Wildman–Crippen MR) is 116 cm³/mol. The van der Waals surface area contributed by atoms with Gasteiger partial charge in [0.15, 0.2) is 0 Å². The molecule has 6 heteroatoms. The van der Waals surface area contributed by atoms with Crippen molar-refractivity contribution in [1.82, 2.24) is 10.2 Å². The Morgan fingerprint density at radius 3 is 2.68 bits per heavy atom. The van der Waals surface area contributed by atoms with Gasteiger partial charge < -0.3 is 15.4 Å². The molecule has 28 heavy (non-hydrogen) atoms. The third-order valence-corrected chi connectivity index (χ3v) is 5.86. The molecule has 0 spiro atoms. The first-order valence-electron chi connectivity index (χ1n) is 10.2. The maximum absolute atomic E-state index is 12.2. The van der Waals surface area contributed by atoms with Crippen molar-refractivity contribution in [2.24, 2.45) is 5.92 Å². The summed E-state index contributed by atoms with van der Waals surface area (Å²) < 4.78 is 5.64. The molecular formula is C22H31N3O2S. The second-order valence-electron chi connectivity index (χ2n) is 7.41. The van der Waals surface area contributed by atoms with Crippen molar-refractivity contribution in [2.45, 2.75) is 39.2 Å². The SMILES string of the molecule is CCCCOc1ccc(NC(=O)NCC2CCN(Cc3ccsc3)CC2)cc1. The minimum atomic E-state index is -0.139. The monoisotopic (exact) mass is 401 g/mol. The first-order chi connectivity index (χ1) is 13.7. The van der Waals surface area contributed by atoms with Crippen molar-refractivity contribution < 1.29 is 9.53 Å². The summed E-state index contributed by atoms with van der Waals surface area (Å²) in [6, 6.07) is 9.61. The lowest BCUT2D eigenvalue weighted by Crippen LogP contribution is -2.39. The van der Waals surface area contributed by atoms with Crippen LogP contribution in [0.1, 0.15) is 38.2 Å². The van der Waals surface area contributed by atoms with Crippen molar-refractivity contribution in [3.8, 4) is 5.75 Å². The third kappa shape index (κ3) is 6.84. The summed E-state index contributed by atoms with van der Waals surface area (Å²) in [7, 11) is 0. The van der Waals surface area contributed by atoms with Crippen molar-refractivity contribution in [3.63, 3.8) is 0 Å². The molecule has 0 radical (unpaired) electrons. The van der Waals surface area contributed by atoms with Gasteiger partial charge in [0.05, 0.1) is 6.61 Å². The van der Waals surface area contributed by atoms with Gasteiger partial charge in [0.25, 0.3) is 0 Å². The van der Waals surface area contributed by atoms with Crippen LogP contribution in [0.2, 0.25) is 0 Å². The van der Waals surface area contributed by atoms with Gasteiger partial charge in [-0.2, -0.15) is 11.3 Å². The number of benzene rings is 1. The number of unbranched alkanes of at least 4 members (excludes halogenated alkanes) is 1. The molecule has 1 aliphatic rings. The number of amides is 2. The van der Waals surface area contributed by atoms with Crippen LogP contribution in [0.25, 0.3) is 0 Å². The zero-order chi connectivity index (χ0) is 19.6. The average molecular weight is 402 g/mol. The van der Waals surface area contributed by atoms with Crippen LogP contribution < -0.4 is 15.4 Å². The number of likely N-dealkylation sites (tertiary alicyclic amines) is 1. The quantitative estimate of drug-likeness (QED) is 0.584. The number of ether oxygens (including phenoxy) is 1. The number of thiophene rings is 1. The summed E-state index contributed by atoms with van der Waals surface area (Å²) >= 11 is 1.76. The number of nitrogens with zero attached hydrogens (tertiary/aromatic N) is 1. The first-order valence-corrected chi connectivity index (χ1v) is 11.2. The molecule has 5 nitrogen and oxygen atoms in total. The van der Waals surface area contributed by atoms with Gasteiger partial charge in [0.2, 0.25) is 0 Å². The van der Waals surface area contributed by atoms with Gasteiger partial charge in [-0.3, -0.25) is 4.90 Å². The Morgan fingerprint density at radius 1 is 1.21 bits per heavy atom. The summed E-state index contributed by atoms with van der Waals surface area (Å²) in [4.78, 5) is 14.7. The van der Waals surface area contributed by atoms with Crippen LogP contribution >= 0.6 is 11.3 Å². The molecule has 0 atom stereocenters. The fourth-order valence-electron chi connectivity index (χ4n) is 3.37. The molecule has 0 saturated carbocycles. The molecule has 1 saturated heterocycles. The number of nitrogens with one attached hydrogen (secondary N) is 2. The van der Waals surface area contributed by atoms with Crippen molar-refractivity contribution in [3.05, 3.63) is 46.7 Å². The molecule has 2 aromatic rings. The van der Waals surface area contributed by atoms with Gasteiger partial charge in [-0.25, -0.2) is 4.79 Å². The van der Waals surface area contributed by atoms with Crippen LogP contribution in [0.15, 0.2) is 41.1 Å². The number of piperidine rings is 1. The number of hydrogen-bond acceptors (Lipinski definition) is 4. The predicted octanol–water partition coefficient (Wildman–Crippen LogP) is 4.96. The molecule has 1 aromatic heterocycles. The first kappa shape index (κ1) is 20.7. The molecule has 3 rings (SSSR count). The highest BCUT2D eigenvalue weighted by molar-refractivity contribution is 7.07. The van der Waals surface area contributed by atoms with E-state index >= 15 is 0 Å². The van der Waals surface area contributed by atoms with Crippen LogP contribution in [0.5, 0.6) is 5.75 Å². The normalized spacial score (nSPS) is 15.3. The van der Waals surface area contributed by atoms with E-state index < -0.39 is 0 Å². The van der Waals surface area contributed by atoms with Crippen molar-refractivity contribution >= 4 is 23.1 Å². The van der Waals surface area contributed by atoms with E-state index in [1.807, 2.05) is 24.3 Å². The van der Waals surface area contributed by atoms with Crippen molar-refractivity contribution in [1.29, 1.82) is 0 Å². The molecule has 1 fully saturated rings. The van der Waals surface area contributed by atoms with Gasteiger partial charge in [0, 0.05) is 18.8 Å². The lowest BCUT2D eigenvalue weighted by molar-refractivity contribution is 0.176. The molecule has 0 unspecified atom stereocenters. The number of carbonyl (C=O) groups excluding carboxylic acids is 1. The maximum Gasteiger partial charge on any atom is 0.319 e. The van der Waals surface area contributed by atoms with Crippen LogP contribution in [-0.2, 0) is 6.54 Å². The largest absolute Gasteiger partial charge is 0.494 e. The molecule has 2 N–H and O–H groups in total. The minimum absolute atomic E-state index is 0.139. The fourth-order valence-corrected chi connectivity index (χ4v) is 4.03. The van der Waals surface area contributed by atoms with E-state index in [9.17, 15) is 4.79 Å². The topological polar surface area (TPSA) is 53.6 Å². The van der Waals surface area contributed by atoms with E-state index in [2.05, 4.69) is 39.3 Å². The van der Waals surface area contributed by atoms with Gasteiger partial charge in [0.1, 0.15) is 5.75 Å². The van der Waals surface area contributed by atoms with Crippen LogP contribution in [0.3, 0.4) is 0 Å². The Labute approximate surface area is 172 Å². The summed E-state index contributed by atoms with van der Waals surface area (Å²) in [5.74, 6) is 1.40. The van der Waals surface area contributed by atoms with E-state index in [1.165, 1.54) is 5.56 Å². The Hall–Kier alpha value is -2.05. The van der Waals surface area contributed by atoms with E-state index in [1.54, 1.807) is 11.3 Å². The molecule has 2 heterocycles. The number of rotatable bonds is 9. The molecule has 0 aliphatic carbocycles. The number of carbonyl (C=O) groups is 1. The molecule has 1 aliphatic heterocycles. The van der Waals surface area contributed by atoms with E-state index in [0.717, 1.165) is 69.9 Å². The summed E-state index contributed by atoms with van der Waals surface area (Å²) in [6.45, 7) is 6.85. The zero-order valence-corrected chi connectivity index (χ0v) is 17.5. The van der Waals surface area contributed by atoms with Crippen LogP contribution in [0.4, 0.5) is 10.5 Å². The van der Waals surface area contributed by atoms with Gasteiger partial charge >= 0.3 is 6.03 Å². The highest BCUT2D eigenvalue weighted by atomic mass is 32.1. The lowest BCUT2D eigenvalue weighted by Gasteiger charge is -2.31. The van der Waals surface area contributed by atoms with E-state index in [0.29, 0.717) is 5.92 Å². The lowest BCUT2D eigenvalue weighted by atomic mass is 9.96. The minimum Gasteiger partial charge on any atom is -0.494 e. The van der Waals surface area contributed by atoms with Gasteiger partial charge in [-0.15, -0.1) is 0 Å². The third-order valence-electron chi connectivity index (χ3n) is 5.12. The Kier molecular flexibility index (Phi) is 8.18. The number of urea groups is 1. The zero-order valence-electron chi connectivity index (χ0n) is 16.7. The van der Waals surface area contributed by atoms with Crippen molar-refractivity contribution in [2.75, 3.05) is 31.6 Å². The highest BCUT2D eigenvalue weighted by Gasteiger charge is 2.19. The number of anilines is 1. The van der Waals surface area contributed by atoms with Crippen LogP contribution in [0, 0.1) is 5.92 Å². The van der Waals surface area contributed by atoms with E-state index in [-0.39, 0.29) is 6.03 Å². The smallest absolute Gasteiger partial charge is 0.319 e. The Morgan fingerprint density at radius 2 is 2.00 bits per heavy atom. The van der Waals surface area contributed by atoms with Gasteiger partial charge in [-0.05, 0) is 84.9 Å². The fraction of sp³-hybridized carbons (Fsp3) is 0.500.